The Bertz CT molecular complexity index is 325. The van der Waals surface area contributed by atoms with Crippen molar-refractivity contribution in [2.45, 2.75) is 51.7 Å². The van der Waals surface area contributed by atoms with Crippen molar-refractivity contribution >= 4 is 11.9 Å². The van der Waals surface area contributed by atoms with Crippen LogP contribution in [-0.2, 0) is 14.3 Å². The molecule has 0 aromatic heterocycles. The Kier molecular flexibility index (Phi) is 6.95. The van der Waals surface area contributed by atoms with Crippen LogP contribution in [0, 0.1) is 5.92 Å². The molecular formula is C14H26N2O4. The maximum absolute atomic E-state index is 12.1. The van der Waals surface area contributed by atoms with Crippen molar-refractivity contribution in [3.05, 3.63) is 0 Å². The molecule has 0 saturated carbocycles. The molecule has 0 aromatic carbocycles. The SMILES string of the molecule is CC(C)CC(N)C(=O)N1CCC(OCCC(=O)O)CC1. The predicted octanol–water partition coefficient (Wildman–Crippen LogP) is 0.842. The minimum absolute atomic E-state index is 0.0164. The fourth-order valence-corrected chi connectivity index (χ4v) is 2.40. The summed E-state index contributed by atoms with van der Waals surface area (Å²) in [6, 6.07) is -0.417. The van der Waals surface area contributed by atoms with Crippen LogP contribution in [0.1, 0.15) is 39.5 Å². The molecular weight excluding hydrogens is 260 g/mol. The smallest absolute Gasteiger partial charge is 0.305 e. The number of carbonyl (C=O) groups excluding carboxylic acids is 1. The lowest BCUT2D eigenvalue weighted by Gasteiger charge is -2.33. The van der Waals surface area contributed by atoms with E-state index in [1.807, 2.05) is 0 Å². The Morgan fingerprint density at radius 1 is 1.35 bits per heavy atom. The number of nitrogens with zero attached hydrogens (tertiary/aromatic N) is 1. The van der Waals surface area contributed by atoms with E-state index in [1.54, 1.807) is 4.90 Å². The van der Waals surface area contributed by atoms with Gasteiger partial charge in [0.1, 0.15) is 0 Å². The lowest BCUT2D eigenvalue weighted by atomic mass is 10.0. The summed E-state index contributed by atoms with van der Waals surface area (Å²) in [5.74, 6) is -0.425. The molecule has 1 heterocycles. The van der Waals surface area contributed by atoms with Gasteiger partial charge in [0.25, 0.3) is 0 Å². The van der Waals surface area contributed by atoms with E-state index in [4.69, 9.17) is 15.6 Å². The first-order chi connectivity index (χ1) is 9.40. The molecule has 1 aliphatic heterocycles. The van der Waals surface area contributed by atoms with Crippen LogP contribution < -0.4 is 5.73 Å². The topological polar surface area (TPSA) is 92.9 Å². The van der Waals surface area contributed by atoms with Crippen LogP contribution in [0.2, 0.25) is 0 Å². The highest BCUT2D eigenvalue weighted by Crippen LogP contribution is 2.16. The summed E-state index contributed by atoms with van der Waals surface area (Å²) in [7, 11) is 0. The van der Waals surface area contributed by atoms with Gasteiger partial charge in [0, 0.05) is 13.1 Å². The maximum atomic E-state index is 12.1. The second-order valence-corrected chi connectivity index (χ2v) is 5.78. The minimum Gasteiger partial charge on any atom is -0.481 e. The number of nitrogens with two attached hydrogens (primary N) is 1. The summed E-state index contributed by atoms with van der Waals surface area (Å²) < 4.78 is 5.50. The summed E-state index contributed by atoms with van der Waals surface area (Å²) in [5.41, 5.74) is 5.91. The number of carboxylic acid groups (broad SMARTS) is 1. The number of aliphatic carboxylic acids is 1. The molecule has 1 rings (SSSR count). The molecule has 116 valence electrons. The number of piperidine rings is 1. The number of likely N-dealkylation sites (tertiary alicyclic amines) is 1. The monoisotopic (exact) mass is 286 g/mol. The van der Waals surface area contributed by atoms with E-state index in [0.29, 0.717) is 25.4 Å². The third kappa shape index (κ3) is 5.88. The Labute approximate surface area is 120 Å². The zero-order chi connectivity index (χ0) is 15.1. The zero-order valence-electron chi connectivity index (χ0n) is 12.4. The number of hydrogen-bond donors (Lipinski definition) is 2. The van der Waals surface area contributed by atoms with Gasteiger partial charge in [-0.2, -0.15) is 0 Å². The van der Waals surface area contributed by atoms with Crippen LogP contribution in [0.5, 0.6) is 0 Å². The van der Waals surface area contributed by atoms with Crippen molar-refractivity contribution in [2.75, 3.05) is 19.7 Å². The first-order valence-corrected chi connectivity index (χ1v) is 7.28. The van der Waals surface area contributed by atoms with Crippen molar-refractivity contribution in [3.8, 4) is 0 Å². The van der Waals surface area contributed by atoms with E-state index < -0.39 is 12.0 Å². The number of rotatable bonds is 7. The molecule has 1 aliphatic rings. The van der Waals surface area contributed by atoms with Gasteiger partial charge >= 0.3 is 5.97 Å². The number of ether oxygens (including phenoxy) is 1. The molecule has 1 amide bonds. The number of hydrogen-bond acceptors (Lipinski definition) is 4. The van der Waals surface area contributed by atoms with Gasteiger partial charge in [-0.15, -0.1) is 0 Å². The summed E-state index contributed by atoms with van der Waals surface area (Å²) in [5, 5.41) is 8.54. The summed E-state index contributed by atoms with van der Waals surface area (Å²) >= 11 is 0. The molecule has 1 saturated heterocycles. The largest absolute Gasteiger partial charge is 0.481 e. The van der Waals surface area contributed by atoms with E-state index >= 15 is 0 Å². The number of carboxylic acids is 1. The van der Waals surface area contributed by atoms with Gasteiger partial charge < -0.3 is 20.5 Å². The highest BCUT2D eigenvalue weighted by atomic mass is 16.5. The van der Waals surface area contributed by atoms with Crippen LogP contribution in [0.3, 0.4) is 0 Å². The van der Waals surface area contributed by atoms with E-state index in [9.17, 15) is 9.59 Å². The van der Waals surface area contributed by atoms with Gasteiger partial charge in [-0.25, -0.2) is 0 Å². The van der Waals surface area contributed by atoms with Gasteiger partial charge in [0.15, 0.2) is 0 Å². The molecule has 0 spiro atoms. The molecule has 6 nitrogen and oxygen atoms in total. The average molecular weight is 286 g/mol. The second kappa shape index (κ2) is 8.21. The number of carbonyl (C=O) groups is 2. The van der Waals surface area contributed by atoms with Crippen molar-refractivity contribution in [2.24, 2.45) is 11.7 Å². The van der Waals surface area contributed by atoms with Crippen molar-refractivity contribution < 1.29 is 19.4 Å². The standard InChI is InChI=1S/C14H26N2O4/c1-10(2)9-12(15)14(19)16-6-3-11(4-7-16)20-8-5-13(17)18/h10-12H,3-9,15H2,1-2H3,(H,17,18). The van der Waals surface area contributed by atoms with Gasteiger partial charge in [0.05, 0.1) is 25.2 Å². The zero-order valence-corrected chi connectivity index (χ0v) is 12.4. The van der Waals surface area contributed by atoms with Crippen LogP contribution >= 0.6 is 0 Å². The Morgan fingerprint density at radius 3 is 2.45 bits per heavy atom. The number of amides is 1. The molecule has 20 heavy (non-hydrogen) atoms. The van der Waals surface area contributed by atoms with E-state index in [-0.39, 0.29) is 25.0 Å². The van der Waals surface area contributed by atoms with Gasteiger partial charge in [-0.05, 0) is 25.2 Å². The molecule has 0 aromatic rings. The molecule has 6 heteroatoms. The summed E-state index contributed by atoms with van der Waals surface area (Å²) in [4.78, 5) is 24.3. The fourth-order valence-electron chi connectivity index (χ4n) is 2.40. The average Bonchev–Trinajstić information content (AvgIpc) is 2.37. The molecule has 0 bridgehead atoms. The fraction of sp³-hybridized carbons (Fsp3) is 0.857. The third-order valence-electron chi connectivity index (χ3n) is 3.47. The highest BCUT2D eigenvalue weighted by Gasteiger charge is 2.26. The Balaban J connectivity index is 2.27. The summed E-state index contributed by atoms with van der Waals surface area (Å²) in [6.45, 7) is 5.62. The molecule has 0 aliphatic carbocycles. The second-order valence-electron chi connectivity index (χ2n) is 5.78. The predicted molar refractivity (Wildman–Crippen MR) is 75.2 cm³/mol. The lowest BCUT2D eigenvalue weighted by Crippen LogP contribution is -2.48. The first kappa shape index (κ1) is 16.9. The van der Waals surface area contributed by atoms with E-state index in [2.05, 4.69) is 13.8 Å². The van der Waals surface area contributed by atoms with Crippen LogP contribution in [0.4, 0.5) is 0 Å². The van der Waals surface area contributed by atoms with E-state index in [1.165, 1.54) is 0 Å². The Hall–Kier alpha value is -1.14. The van der Waals surface area contributed by atoms with Crippen molar-refractivity contribution in [3.63, 3.8) is 0 Å². The molecule has 1 fully saturated rings. The molecule has 0 radical (unpaired) electrons. The van der Waals surface area contributed by atoms with Crippen LogP contribution in [-0.4, -0.2) is 53.7 Å². The molecule has 1 atom stereocenters. The first-order valence-electron chi connectivity index (χ1n) is 7.28. The van der Waals surface area contributed by atoms with Crippen LogP contribution in [0.25, 0.3) is 0 Å². The van der Waals surface area contributed by atoms with Crippen molar-refractivity contribution in [1.29, 1.82) is 0 Å². The molecule has 3 N–H and O–H groups in total. The Morgan fingerprint density at radius 2 is 1.95 bits per heavy atom. The quantitative estimate of drug-likeness (QED) is 0.723. The lowest BCUT2D eigenvalue weighted by molar-refractivity contribution is -0.139. The highest BCUT2D eigenvalue weighted by molar-refractivity contribution is 5.81. The molecule has 1 unspecified atom stereocenters. The van der Waals surface area contributed by atoms with Crippen LogP contribution in [0.15, 0.2) is 0 Å². The van der Waals surface area contributed by atoms with Gasteiger partial charge in [-0.3, -0.25) is 9.59 Å². The minimum atomic E-state index is -0.850. The summed E-state index contributed by atoms with van der Waals surface area (Å²) in [6.07, 6.45) is 2.28. The normalized spacial score (nSPS) is 18.3. The maximum Gasteiger partial charge on any atom is 0.305 e. The van der Waals surface area contributed by atoms with E-state index in [0.717, 1.165) is 12.8 Å². The third-order valence-corrected chi connectivity index (χ3v) is 3.47. The van der Waals surface area contributed by atoms with Gasteiger partial charge in [0.2, 0.25) is 5.91 Å². The van der Waals surface area contributed by atoms with Crippen molar-refractivity contribution in [1.82, 2.24) is 4.90 Å². The van der Waals surface area contributed by atoms with Gasteiger partial charge in [-0.1, -0.05) is 13.8 Å².